The van der Waals surface area contributed by atoms with Crippen molar-refractivity contribution < 1.29 is 0 Å². The molecule has 0 spiro atoms. The van der Waals surface area contributed by atoms with E-state index in [0.717, 1.165) is 25.2 Å². The highest BCUT2D eigenvalue weighted by Crippen LogP contribution is 2.28. The second kappa shape index (κ2) is 6.11. The Morgan fingerprint density at radius 2 is 1.90 bits per heavy atom. The van der Waals surface area contributed by atoms with Gasteiger partial charge in [-0.25, -0.2) is 0 Å². The van der Waals surface area contributed by atoms with Crippen molar-refractivity contribution in [2.75, 3.05) is 13.1 Å². The van der Waals surface area contributed by atoms with Gasteiger partial charge in [0.15, 0.2) is 0 Å². The van der Waals surface area contributed by atoms with Crippen LogP contribution in [0.2, 0.25) is 0 Å². The summed E-state index contributed by atoms with van der Waals surface area (Å²) in [6.45, 7) is 3.22. The Hall–Kier alpha value is -2.12. The molecule has 1 aromatic heterocycles. The van der Waals surface area contributed by atoms with Crippen LogP contribution < -0.4 is 0 Å². The van der Waals surface area contributed by atoms with Gasteiger partial charge in [-0.15, -0.1) is 0 Å². The van der Waals surface area contributed by atoms with Gasteiger partial charge in [-0.2, -0.15) is 10.4 Å². The van der Waals surface area contributed by atoms with E-state index in [4.69, 9.17) is 5.26 Å². The summed E-state index contributed by atoms with van der Waals surface area (Å²) in [4.78, 5) is 2.49. The second-order valence-corrected chi connectivity index (χ2v) is 5.74. The first-order valence-corrected chi connectivity index (χ1v) is 7.45. The van der Waals surface area contributed by atoms with Crippen LogP contribution in [-0.2, 0) is 13.6 Å². The third kappa shape index (κ3) is 3.14. The Balaban J connectivity index is 1.56. The molecule has 1 saturated heterocycles. The molecule has 1 aromatic carbocycles. The predicted octanol–water partition coefficient (Wildman–Crippen LogP) is 2.67. The topological polar surface area (TPSA) is 44.9 Å². The minimum Gasteiger partial charge on any atom is -0.299 e. The predicted molar refractivity (Wildman–Crippen MR) is 81.6 cm³/mol. The number of nitrogens with zero attached hydrogens (tertiary/aromatic N) is 4. The van der Waals surface area contributed by atoms with Crippen molar-refractivity contribution in [2.45, 2.75) is 25.3 Å². The molecule has 0 bridgehead atoms. The summed E-state index contributed by atoms with van der Waals surface area (Å²) in [5, 5.41) is 13.1. The minimum absolute atomic E-state index is 0.634. The summed E-state index contributed by atoms with van der Waals surface area (Å²) < 4.78 is 2.00. The molecule has 1 aliphatic rings. The zero-order valence-corrected chi connectivity index (χ0v) is 12.4. The molecule has 0 radical (unpaired) electrons. The normalized spacial score (nSPS) is 16.8. The van der Waals surface area contributed by atoms with E-state index in [1.807, 2.05) is 30.1 Å². The highest BCUT2D eigenvalue weighted by Gasteiger charge is 2.22. The van der Waals surface area contributed by atoms with Gasteiger partial charge < -0.3 is 0 Å². The van der Waals surface area contributed by atoms with Crippen LogP contribution in [0.25, 0.3) is 0 Å². The maximum absolute atomic E-state index is 8.82. The molecule has 1 fully saturated rings. The second-order valence-electron chi connectivity index (χ2n) is 5.74. The summed E-state index contributed by atoms with van der Waals surface area (Å²) in [5.74, 6) is 0.634. The van der Waals surface area contributed by atoms with Crippen molar-refractivity contribution in [3.8, 4) is 6.07 Å². The first kappa shape index (κ1) is 13.8. The Labute approximate surface area is 125 Å². The van der Waals surface area contributed by atoms with Crippen molar-refractivity contribution in [3.05, 3.63) is 53.3 Å². The molecule has 4 heteroatoms. The van der Waals surface area contributed by atoms with Gasteiger partial charge in [0.2, 0.25) is 0 Å². The van der Waals surface area contributed by atoms with Crippen LogP contribution in [0.5, 0.6) is 0 Å². The Morgan fingerprint density at radius 3 is 2.48 bits per heavy atom. The molecule has 4 nitrogen and oxygen atoms in total. The minimum atomic E-state index is 0.634. The van der Waals surface area contributed by atoms with Crippen molar-refractivity contribution in [1.29, 1.82) is 5.26 Å². The Morgan fingerprint density at radius 1 is 1.19 bits per heavy atom. The van der Waals surface area contributed by atoms with Gasteiger partial charge >= 0.3 is 0 Å². The standard InChI is InChI=1S/C17H20N4/c1-20-17(6-9-19-20)16-7-10-21(11-8-16)13-15-4-2-14(12-18)3-5-15/h2-6,9,16H,7-8,10-11,13H2,1H3. The third-order valence-electron chi connectivity index (χ3n) is 4.35. The van der Waals surface area contributed by atoms with Gasteiger partial charge in [0.25, 0.3) is 0 Å². The Bertz CT molecular complexity index is 628. The summed E-state index contributed by atoms with van der Waals surface area (Å²) in [5.41, 5.74) is 3.37. The average Bonchev–Trinajstić information content (AvgIpc) is 2.95. The van der Waals surface area contributed by atoms with Gasteiger partial charge in [-0.3, -0.25) is 9.58 Å². The molecule has 0 unspecified atom stereocenters. The van der Waals surface area contributed by atoms with Crippen LogP contribution in [0.4, 0.5) is 0 Å². The fourth-order valence-corrected chi connectivity index (χ4v) is 3.11. The van der Waals surface area contributed by atoms with Crippen molar-refractivity contribution in [2.24, 2.45) is 7.05 Å². The smallest absolute Gasteiger partial charge is 0.0991 e. The van der Waals surface area contributed by atoms with Crippen LogP contribution in [0.15, 0.2) is 36.5 Å². The third-order valence-corrected chi connectivity index (χ3v) is 4.35. The summed E-state index contributed by atoms with van der Waals surface area (Å²) in [7, 11) is 2.03. The molecule has 1 aliphatic heterocycles. The molecule has 3 rings (SSSR count). The van der Waals surface area contributed by atoms with Gasteiger partial charge in [-0.05, 0) is 49.7 Å². The number of rotatable bonds is 3. The highest BCUT2D eigenvalue weighted by molar-refractivity contribution is 5.31. The van der Waals surface area contributed by atoms with Gasteiger partial charge in [0.05, 0.1) is 11.6 Å². The molecule has 0 aliphatic carbocycles. The molecular weight excluding hydrogens is 260 g/mol. The number of benzene rings is 1. The van der Waals surface area contributed by atoms with Gasteiger partial charge in [0, 0.05) is 31.4 Å². The lowest BCUT2D eigenvalue weighted by atomic mass is 9.93. The molecule has 2 heterocycles. The summed E-state index contributed by atoms with van der Waals surface area (Å²) in [6, 6.07) is 12.2. The van der Waals surface area contributed by atoms with Crippen LogP contribution in [-0.4, -0.2) is 27.8 Å². The lowest BCUT2D eigenvalue weighted by Gasteiger charge is -2.32. The number of aryl methyl sites for hydroxylation is 1. The number of nitriles is 1. The molecule has 108 valence electrons. The highest BCUT2D eigenvalue weighted by atomic mass is 15.3. The van der Waals surface area contributed by atoms with E-state index in [9.17, 15) is 0 Å². The number of piperidine rings is 1. The fraction of sp³-hybridized carbons (Fsp3) is 0.412. The van der Waals surface area contributed by atoms with E-state index in [1.54, 1.807) is 0 Å². The maximum Gasteiger partial charge on any atom is 0.0991 e. The maximum atomic E-state index is 8.82. The molecule has 0 saturated carbocycles. The van der Waals surface area contributed by atoms with Crippen molar-refractivity contribution in [1.82, 2.24) is 14.7 Å². The van der Waals surface area contributed by atoms with Crippen LogP contribution >= 0.6 is 0 Å². The van der Waals surface area contributed by atoms with E-state index in [2.05, 4.69) is 34.3 Å². The van der Waals surface area contributed by atoms with Crippen LogP contribution in [0.3, 0.4) is 0 Å². The van der Waals surface area contributed by atoms with Crippen LogP contribution in [0, 0.1) is 11.3 Å². The summed E-state index contributed by atoms with van der Waals surface area (Å²) in [6.07, 6.45) is 4.27. The SMILES string of the molecule is Cn1nccc1C1CCN(Cc2ccc(C#N)cc2)CC1. The van der Waals surface area contributed by atoms with E-state index >= 15 is 0 Å². The Kier molecular flexibility index (Phi) is 4.03. The van der Waals surface area contributed by atoms with Crippen molar-refractivity contribution >= 4 is 0 Å². The molecule has 0 atom stereocenters. The fourth-order valence-electron chi connectivity index (χ4n) is 3.11. The zero-order valence-electron chi connectivity index (χ0n) is 12.4. The number of hydrogen-bond acceptors (Lipinski definition) is 3. The first-order chi connectivity index (χ1) is 10.3. The lowest BCUT2D eigenvalue weighted by Crippen LogP contribution is -2.33. The molecule has 2 aromatic rings. The monoisotopic (exact) mass is 280 g/mol. The largest absolute Gasteiger partial charge is 0.299 e. The van der Waals surface area contributed by atoms with Crippen molar-refractivity contribution in [3.63, 3.8) is 0 Å². The zero-order chi connectivity index (χ0) is 14.7. The molecule has 0 N–H and O–H groups in total. The van der Waals surface area contributed by atoms with Gasteiger partial charge in [-0.1, -0.05) is 12.1 Å². The molecule has 0 amide bonds. The number of hydrogen-bond donors (Lipinski definition) is 0. The van der Waals surface area contributed by atoms with Crippen LogP contribution in [0.1, 0.15) is 35.6 Å². The molecule has 21 heavy (non-hydrogen) atoms. The molecular formula is C17H20N4. The van der Waals surface area contributed by atoms with E-state index in [0.29, 0.717) is 5.92 Å². The average molecular weight is 280 g/mol. The first-order valence-electron chi connectivity index (χ1n) is 7.45. The van der Waals surface area contributed by atoms with E-state index < -0.39 is 0 Å². The number of aromatic nitrogens is 2. The number of likely N-dealkylation sites (tertiary alicyclic amines) is 1. The lowest BCUT2D eigenvalue weighted by molar-refractivity contribution is 0.201. The van der Waals surface area contributed by atoms with E-state index in [1.165, 1.54) is 24.1 Å². The van der Waals surface area contributed by atoms with Gasteiger partial charge in [0.1, 0.15) is 0 Å². The summed E-state index contributed by atoms with van der Waals surface area (Å²) >= 11 is 0. The van der Waals surface area contributed by atoms with E-state index in [-0.39, 0.29) is 0 Å². The quantitative estimate of drug-likeness (QED) is 0.868.